The van der Waals surface area contributed by atoms with Crippen molar-refractivity contribution >= 4 is 38.0 Å². The first-order chi connectivity index (χ1) is 18.2. The Morgan fingerprint density at radius 2 is 0.850 bits per heavy atom. The van der Waals surface area contributed by atoms with Gasteiger partial charge in [-0.25, -0.2) is 0 Å². The smallest absolute Gasteiger partial charge is 0.119 e. The molecule has 40 heavy (non-hydrogen) atoms. The van der Waals surface area contributed by atoms with E-state index in [1.54, 1.807) is 7.11 Å². The lowest BCUT2D eigenvalue weighted by molar-refractivity contribution is 0.413. The molecule has 2 aromatic carbocycles. The van der Waals surface area contributed by atoms with Crippen molar-refractivity contribution in [1.29, 1.82) is 5.41 Å². The van der Waals surface area contributed by atoms with Crippen molar-refractivity contribution < 1.29 is 4.74 Å². The van der Waals surface area contributed by atoms with Crippen LogP contribution in [0.15, 0.2) is 30.3 Å². The molecule has 0 saturated heterocycles. The zero-order chi connectivity index (χ0) is 30.5. The van der Waals surface area contributed by atoms with Crippen LogP contribution in [0.1, 0.15) is 33.4 Å². The lowest BCUT2D eigenvalue weighted by atomic mass is 9.85. The van der Waals surface area contributed by atoms with E-state index >= 15 is 0 Å². The number of aryl methyl sites for hydroxylation is 4. The monoisotopic (exact) mass is 611 g/mol. The van der Waals surface area contributed by atoms with E-state index in [-0.39, 0.29) is 0 Å². The molecule has 0 amide bonds. The number of benzene rings is 2. The summed E-state index contributed by atoms with van der Waals surface area (Å²) < 4.78 is 5.86. The topological polar surface area (TPSA) is 33.1 Å². The number of hydrogen-bond donors (Lipinski definition) is 1. The minimum absolute atomic E-state index is 0.774. The van der Waals surface area contributed by atoms with Crippen molar-refractivity contribution in [3.63, 3.8) is 0 Å². The highest BCUT2D eigenvalue weighted by Crippen LogP contribution is 2.33. The summed E-state index contributed by atoms with van der Waals surface area (Å²) in [5.41, 5.74) is 8.67. The molecule has 224 valence electrons. The molecule has 0 aliphatic heterocycles. The van der Waals surface area contributed by atoms with Crippen molar-refractivity contribution in [3.8, 4) is 5.75 Å². The van der Waals surface area contributed by atoms with Gasteiger partial charge in [-0.15, -0.1) is 0 Å². The van der Waals surface area contributed by atoms with Gasteiger partial charge in [0.05, 0.1) is 12.8 Å². The molecule has 0 spiro atoms. The van der Waals surface area contributed by atoms with Crippen LogP contribution in [0.25, 0.3) is 0 Å². The zero-order valence-electron chi connectivity index (χ0n) is 28.5. The van der Waals surface area contributed by atoms with E-state index in [0.717, 1.165) is 37.1 Å². The van der Waals surface area contributed by atoms with Crippen LogP contribution in [0.4, 0.5) is 0 Å². The fourth-order valence-corrected chi connectivity index (χ4v) is 9.20. The maximum Gasteiger partial charge on any atom is 0.119 e. The quantitative estimate of drug-likeness (QED) is 0.158. The van der Waals surface area contributed by atoms with Gasteiger partial charge in [-0.05, 0) is 60.1 Å². The van der Waals surface area contributed by atoms with Crippen molar-refractivity contribution in [2.75, 3.05) is 7.11 Å². The molecular formula is C34H61NOSi4. The first-order valence-electron chi connectivity index (χ1n) is 15.6. The van der Waals surface area contributed by atoms with Gasteiger partial charge in [-0.1, -0.05) is 121 Å². The molecule has 0 fully saturated rings. The standard InChI is InChI=1S/C34H61NOSi4/c1-36-31-25-29(19-23-39(8,9)10)33(30(26-31)20-24-40(11,12)13)34(35)32-27(17-21-37(2,3)4)15-14-16-28(32)18-22-38(5,6)7/h14-16,25-26,35H,17-24H2,1-13H3. The third-order valence-electron chi connectivity index (χ3n) is 7.83. The molecule has 0 atom stereocenters. The molecule has 2 nitrogen and oxygen atoms in total. The Balaban J connectivity index is 2.79. The van der Waals surface area contributed by atoms with Crippen LogP contribution in [-0.2, 0) is 25.7 Å². The predicted octanol–water partition coefficient (Wildman–Crippen LogP) is 10.6. The molecule has 0 heterocycles. The number of rotatable bonds is 15. The van der Waals surface area contributed by atoms with Crippen LogP contribution in [0.3, 0.4) is 0 Å². The molecule has 0 aromatic heterocycles. The van der Waals surface area contributed by atoms with Gasteiger partial charge in [-0.2, -0.15) is 0 Å². The Morgan fingerprint density at radius 1 is 0.550 bits per heavy atom. The average molecular weight is 612 g/mol. The summed E-state index contributed by atoms with van der Waals surface area (Å²) in [6.07, 6.45) is 4.23. The molecule has 6 heteroatoms. The van der Waals surface area contributed by atoms with E-state index < -0.39 is 32.3 Å². The van der Waals surface area contributed by atoms with Crippen molar-refractivity contribution in [1.82, 2.24) is 0 Å². The summed E-state index contributed by atoms with van der Waals surface area (Å²) >= 11 is 0. The predicted molar refractivity (Wildman–Crippen MR) is 193 cm³/mol. The van der Waals surface area contributed by atoms with Gasteiger partial charge >= 0.3 is 0 Å². The third-order valence-corrected chi connectivity index (χ3v) is 14.8. The summed E-state index contributed by atoms with van der Waals surface area (Å²) in [6.45, 7) is 29.6. The largest absolute Gasteiger partial charge is 0.497 e. The summed E-state index contributed by atoms with van der Waals surface area (Å²) in [6, 6.07) is 16.4. The molecule has 2 rings (SSSR count). The summed E-state index contributed by atoms with van der Waals surface area (Å²) in [5.74, 6) is 0.957. The minimum Gasteiger partial charge on any atom is -0.497 e. The summed E-state index contributed by atoms with van der Waals surface area (Å²) in [5, 5.41) is 10.0. The highest BCUT2D eigenvalue weighted by atomic mass is 28.3. The van der Waals surface area contributed by atoms with E-state index in [1.165, 1.54) is 57.6 Å². The Labute approximate surface area is 252 Å². The number of methoxy groups -OCH3 is 1. The molecule has 0 aliphatic carbocycles. The zero-order valence-corrected chi connectivity index (χ0v) is 32.5. The second-order valence-electron chi connectivity index (χ2n) is 16.9. The van der Waals surface area contributed by atoms with Crippen LogP contribution in [0.2, 0.25) is 103 Å². The molecule has 0 unspecified atom stereocenters. The fourth-order valence-electron chi connectivity index (χ4n) is 5.12. The molecular weight excluding hydrogens is 551 g/mol. The van der Waals surface area contributed by atoms with E-state index in [1.807, 2.05) is 0 Å². The third kappa shape index (κ3) is 11.9. The Kier molecular flexibility index (Phi) is 12.1. The van der Waals surface area contributed by atoms with Gasteiger partial charge in [0.2, 0.25) is 0 Å². The highest BCUT2D eigenvalue weighted by molar-refractivity contribution is 6.77. The van der Waals surface area contributed by atoms with Crippen LogP contribution in [0.5, 0.6) is 5.75 Å². The molecule has 0 aliphatic rings. The van der Waals surface area contributed by atoms with Gasteiger partial charge < -0.3 is 4.74 Å². The fraction of sp³-hybridized carbons (Fsp3) is 0.618. The van der Waals surface area contributed by atoms with Crippen molar-refractivity contribution in [2.45, 2.75) is 128 Å². The molecule has 2 aromatic rings. The summed E-state index contributed by atoms with van der Waals surface area (Å²) in [4.78, 5) is 0. The SMILES string of the molecule is COc1cc(CC[Si](C)(C)C)c(C(=N)c2c(CC[Si](C)(C)C)cccc2CC[Si](C)(C)C)c(CC[Si](C)(C)C)c1. The number of hydrogen-bond acceptors (Lipinski definition) is 2. The lowest BCUT2D eigenvalue weighted by Gasteiger charge is -2.26. The first kappa shape index (κ1) is 35.0. The first-order valence-corrected chi connectivity index (χ1v) is 30.4. The van der Waals surface area contributed by atoms with Crippen molar-refractivity contribution in [3.05, 3.63) is 63.7 Å². The average Bonchev–Trinajstić information content (AvgIpc) is 2.81. The van der Waals surface area contributed by atoms with E-state index in [9.17, 15) is 5.41 Å². The Morgan fingerprint density at radius 3 is 1.15 bits per heavy atom. The van der Waals surface area contributed by atoms with Gasteiger partial charge in [0, 0.05) is 43.4 Å². The van der Waals surface area contributed by atoms with Crippen LogP contribution in [0, 0.1) is 5.41 Å². The van der Waals surface area contributed by atoms with Gasteiger partial charge in [0.1, 0.15) is 5.75 Å². The minimum atomic E-state index is -1.25. The van der Waals surface area contributed by atoms with E-state index in [0.29, 0.717) is 0 Å². The van der Waals surface area contributed by atoms with Crippen molar-refractivity contribution in [2.24, 2.45) is 0 Å². The maximum absolute atomic E-state index is 10.0. The van der Waals surface area contributed by atoms with Gasteiger partial charge in [0.15, 0.2) is 0 Å². The molecule has 0 bridgehead atoms. The number of ether oxygens (including phenoxy) is 1. The molecule has 0 saturated carbocycles. The second kappa shape index (κ2) is 13.8. The highest BCUT2D eigenvalue weighted by Gasteiger charge is 2.26. The summed E-state index contributed by atoms with van der Waals surface area (Å²) in [7, 11) is -3.14. The van der Waals surface area contributed by atoms with Crippen LogP contribution >= 0.6 is 0 Å². The van der Waals surface area contributed by atoms with Gasteiger partial charge in [0.25, 0.3) is 0 Å². The lowest BCUT2D eigenvalue weighted by Crippen LogP contribution is -2.24. The second-order valence-corrected chi connectivity index (χ2v) is 39.4. The molecule has 0 radical (unpaired) electrons. The van der Waals surface area contributed by atoms with E-state index in [4.69, 9.17) is 4.74 Å². The molecule has 1 N–H and O–H groups in total. The van der Waals surface area contributed by atoms with Crippen LogP contribution in [-0.4, -0.2) is 45.1 Å². The number of nitrogens with one attached hydrogen (secondary N) is 1. The normalized spacial score (nSPS) is 13.0. The Bertz CT molecular complexity index is 1070. The van der Waals surface area contributed by atoms with Crippen LogP contribution < -0.4 is 4.74 Å². The Hall–Kier alpha value is -1.22. The van der Waals surface area contributed by atoms with E-state index in [2.05, 4.69) is 109 Å². The maximum atomic E-state index is 10.0. The van der Waals surface area contributed by atoms with Gasteiger partial charge in [-0.3, -0.25) is 5.41 Å².